The molecule has 1 aromatic carbocycles. The highest BCUT2D eigenvalue weighted by Gasteiger charge is 2.27. The number of nitrogens with one attached hydrogen (secondary N) is 1. The van der Waals surface area contributed by atoms with Gasteiger partial charge in [0.25, 0.3) is 0 Å². The number of benzene rings is 1. The molecule has 0 amide bonds. The first kappa shape index (κ1) is 13.7. The molecule has 1 N–H and O–H groups in total. The highest BCUT2D eigenvalue weighted by Crippen LogP contribution is 2.41. The number of methoxy groups -OCH3 is 1. The quantitative estimate of drug-likeness (QED) is 0.882. The summed E-state index contributed by atoms with van der Waals surface area (Å²) in [7, 11) is 1.75. The van der Waals surface area contributed by atoms with E-state index in [-0.39, 0.29) is 5.41 Å². The minimum Gasteiger partial charge on any atom is -0.496 e. The summed E-state index contributed by atoms with van der Waals surface area (Å²) < 4.78 is 5.68. The zero-order valence-electron chi connectivity index (χ0n) is 11.6. The van der Waals surface area contributed by atoms with Crippen molar-refractivity contribution in [1.29, 1.82) is 0 Å². The van der Waals surface area contributed by atoms with Gasteiger partial charge in [-0.05, 0) is 30.5 Å². The van der Waals surface area contributed by atoms with Crippen molar-refractivity contribution in [2.24, 2.45) is 0 Å². The second-order valence-corrected chi connectivity index (χ2v) is 6.45. The molecule has 1 heterocycles. The molecule has 0 radical (unpaired) electrons. The molecule has 1 aromatic rings. The molecular weight excluding hydrogens is 246 g/mol. The van der Waals surface area contributed by atoms with Crippen molar-refractivity contribution in [3.05, 3.63) is 28.3 Å². The second kappa shape index (κ2) is 5.10. The predicted molar refractivity (Wildman–Crippen MR) is 76.9 cm³/mol. The molecule has 0 saturated carbocycles. The lowest BCUT2D eigenvalue weighted by atomic mass is 9.83. The maximum absolute atomic E-state index is 6.29. The summed E-state index contributed by atoms with van der Waals surface area (Å²) in [5.74, 6) is 1.53. The maximum atomic E-state index is 6.29. The molecule has 0 aliphatic carbocycles. The van der Waals surface area contributed by atoms with Gasteiger partial charge in [-0.2, -0.15) is 0 Å². The molecular formula is C15H22ClNO. The van der Waals surface area contributed by atoms with E-state index >= 15 is 0 Å². The molecule has 1 atom stereocenters. The van der Waals surface area contributed by atoms with Crippen molar-refractivity contribution >= 4 is 11.6 Å². The summed E-state index contributed by atoms with van der Waals surface area (Å²) in [5.41, 5.74) is 2.48. The second-order valence-electron chi connectivity index (χ2n) is 6.02. The molecule has 0 aromatic heterocycles. The lowest BCUT2D eigenvalue weighted by Gasteiger charge is -2.26. The van der Waals surface area contributed by atoms with Gasteiger partial charge in [0, 0.05) is 28.6 Å². The highest BCUT2D eigenvalue weighted by molar-refractivity contribution is 6.30. The molecule has 2 rings (SSSR count). The Morgan fingerprint density at radius 1 is 1.33 bits per heavy atom. The largest absolute Gasteiger partial charge is 0.496 e. The van der Waals surface area contributed by atoms with E-state index in [1.54, 1.807) is 7.11 Å². The van der Waals surface area contributed by atoms with Gasteiger partial charge in [-0.15, -0.1) is 0 Å². The lowest BCUT2D eigenvalue weighted by molar-refractivity contribution is 0.389. The minimum atomic E-state index is 0.0387. The average molecular weight is 268 g/mol. The molecule has 1 aliphatic rings. The Morgan fingerprint density at radius 3 is 2.56 bits per heavy atom. The van der Waals surface area contributed by atoms with Crippen molar-refractivity contribution in [2.75, 3.05) is 20.2 Å². The van der Waals surface area contributed by atoms with Gasteiger partial charge in [0.15, 0.2) is 0 Å². The van der Waals surface area contributed by atoms with Gasteiger partial charge in [-0.3, -0.25) is 0 Å². The Morgan fingerprint density at radius 2 is 2.06 bits per heavy atom. The number of hydrogen-bond donors (Lipinski definition) is 1. The van der Waals surface area contributed by atoms with Gasteiger partial charge < -0.3 is 10.1 Å². The van der Waals surface area contributed by atoms with Gasteiger partial charge in [-0.1, -0.05) is 32.4 Å². The van der Waals surface area contributed by atoms with E-state index in [9.17, 15) is 0 Å². The highest BCUT2D eigenvalue weighted by atomic mass is 35.5. The first-order chi connectivity index (χ1) is 8.43. The molecule has 2 nitrogen and oxygen atoms in total. The van der Waals surface area contributed by atoms with Crippen LogP contribution in [0.3, 0.4) is 0 Å². The molecule has 18 heavy (non-hydrogen) atoms. The van der Waals surface area contributed by atoms with Crippen LogP contribution in [0.5, 0.6) is 5.75 Å². The van der Waals surface area contributed by atoms with Crippen molar-refractivity contribution in [2.45, 2.75) is 38.5 Å². The molecule has 100 valence electrons. The molecule has 0 spiro atoms. The van der Waals surface area contributed by atoms with Gasteiger partial charge >= 0.3 is 0 Å². The predicted octanol–water partition coefficient (Wildman–Crippen LogP) is 3.72. The van der Waals surface area contributed by atoms with Gasteiger partial charge in [0.2, 0.25) is 0 Å². The van der Waals surface area contributed by atoms with Crippen LogP contribution in [0, 0.1) is 0 Å². The zero-order chi connectivity index (χ0) is 13.3. The van der Waals surface area contributed by atoms with Crippen LogP contribution in [-0.4, -0.2) is 20.2 Å². The van der Waals surface area contributed by atoms with E-state index in [0.717, 1.165) is 30.3 Å². The third-order valence-corrected chi connectivity index (χ3v) is 3.81. The zero-order valence-corrected chi connectivity index (χ0v) is 12.4. The van der Waals surface area contributed by atoms with Crippen LogP contribution >= 0.6 is 11.6 Å². The molecule has 0 bridgehead atoms. The minimum absolute atomic E-state index is 0.0387. The number of hydrogen-bond acceptors (Lipinski definition) is 2. The lowest BCUT2D eigenvalue weighted by Crippen LogP contribution is -2.16. The Bertz CT molecular complexity index is 431. The summed E-state index contributed by atoms with van der Waals surface area (Å²) in [5, 5.41) is 4.21. The molecule has 1 unspecified atom stereocenters. The van der Waals surface area contributed by atoms with Gasteiger partial charge in [0.1, 0.15) is 5.75 Å². The van der Waals surface area contributed by atoms with Crippen molar-refractivity contribution < 1.29 is 4.74 Å². The fraction of sp³-hybridized carbons (Fsp3) is 0.600. The molecule has 1 saturated heterocycles. The number of ether oxygens (including phenoxy) is 1. The smallest absolute Gasteiger partial charge is 0.126 e. The molecule has 1 aliphatic heterocycles. The van der Waals surface area contributed by atoms with Gasteiger partial charge in [-0.25, -0.2) is 0 Å². The van der Waals surface area contributed by atoms with E-state index in [1.807, 2.05) is 6.07 Å². The van der Waals surface area contributed by atoms with E-state index in [0.29, 0.717) is 5.92 Å². The third-order valence-electron chi connectivity index (χ3n) is 3.59. The van der Waals surface area contributed by atoms with E-state index in [1.165, 1.54) is 11.1 Å². The first-order valence-corrected chi connectivity index (χ1v) is 6.90. The van der Waals surface area contributed by atoms with E-state index in [2.05, 4.69) is 32.2 Å². The fourth-order valence-corrected chi connectivity index (χ4v) is 2.85. The van der Waals surface area contributed by atoms with Crippen LogP contribution in [0.4, 0.5) is 0 Å². The van der Waals surface area contributed by atoms with Crippen LogP contribution in [-0.2, 0) is 5.41 Å². The van der Waals surface area contributed by atoms with Gasteiger partial charge in [0.05, 0.1) is 7.11 Å². The Hall–Kier alpha value is -0.730. The maximum Gasteiger partial charge on any atom is 0.126 e. The monoisotopic (exact) mass is 267 g/mol. The third kappa shape index (κ3) is 2.65. The van der Waals surface area contributed by atoms with Crippen molar-refractivity contribution in [3.8, 4) is 5.75 Å². The summed E-state index contributed by atoms with van der Waals surface area (Å²) in [4.78, 5) is 0. The van der Waals surface area contributed by atoms with E-state index < -0.39 is 0 Å². The Balaban J connectivity index is 2.54. The standard InChI is InChI=1S/C15H22ClNO/c1-15(2,3)13-8-11(16)7-12(14(13)18-4)10-5-6-17-9-10/h7-8,10,17H,5-6,9H2,1-4H3. The normalized spacial score (nSPS) is 20.2. The van der Waals surface area contributed by atoms with Crippen LogP contribution in [0.1, 0.15) is 44.2 Å². The average Bonchev–Trinajstić information content (AvgIpc) is 2.80. The van der Waals surface area contributed by atoms with Crippen LogP contribution in [0.25, 0.3) is 0 Å². The first-order valence-electron chi connectivity index (χ1n) is 6.52. The molecule has 3 heteroatoms. The summed E-state index contributed by atoms with van der Waals surface area (Å²) in [6.07, 6.45) is 1.15. The SMILES string of the molecule is COc1c(C2CCNC2)cc(Cl)cc1C(C)(C)C. The van der Waals surface area contributed by atoms with Crippen molar-refractivity contribution in [1.82, 2.24) is 5.32 Å². The van der Waals surface area contributed by atoms with Crippen LogP contribution < -0.4 is 10.1 Å². The van der Waals surface area contributed by atoms with Crippen LogP contribution in [0.15, 0.2) is 12.1 Å². The van der Waals surface area contributed by atoms with Crippen LogP contribution in [0.2, 0.25) is 5.02 Å². The summed E-state index contributed by atoms with van der Waals surface area (Å²) in [6.45, 7) is 8.67. The number of halogens is 1. The topological polar surface area (TPSA) is 21.3 Å². The fourth-order valence-electron chi connectivity index (χ4n) is 2.62. The Kier molecular flexibility index (Phi) is 3.88. The molecule has 1 fully saturated rings. The summed E-state index contributed by atoms with van der Waals surface area (Å²) >= 11 is 6.29. The summed E-state index contributed by atoms with van der Waals surface area (Å²) in [6, 6.07) is 4.10. The van der Waals surface area contributed by atoms with E-state index in [4.69, 9.17) is 16.3 Å². The van der Waals surface area contributed by atoms with Crippen molar-refractivity contribution in [3.63, 3.8) is 0 Å². The Labute approximate surface area is 115 Å². The number of rotatable bonds is 2.